The number of benzene rings is 2. The fourth-order valence-corrected chi connectivity index (χ4v) is 2.66. The minimum atomic E-state index is -0.309. The van der Waals surface area contributed by atoms with Gasteiger partial charge in [0.05, 0.1) is 16.4 Å². The van der Waals surface area contributed by atoms with Gasteiger partial charge in [-0.1, -0.05) is 12.1 Å². The number of aromatic hydroxyl groups is 2. The molecule has 108 valence electrons. The van der Waals surface area contributed by atoms with Gasteiger partial charge in [-0.05, 0) is 30.3 Å². The molecule has 0 spiro atoms. The fourth-order valence-electron chi connectivity index (χ4n) is 2.66. The summed E-state index contributed by atoms with van der Waals surface area (Å²) in [5.74, 6) is -0.435. The number of amides is 1. The van der Waals surface area contributed by atoms with E-state index < -0.39 is 0 Å². The van der Waals surface area contributed by atoms with Gasteiger partial charge in [-0.15, -0.1) is 0 Å². The molecule has 6 nitrogen and oxygen atoms in total. The zero-order chi connectivity index (χ0) is 15.3. The average Bonchev–Trinajstić information content (AvgIpc) is 2.79. The smallest absolute Gasteiger partial charge is 0.267 e. The van der Waals surface area contributed by atoms with Crippen molar-refractivity contribution in [3.05, 3.63) is 53.2 Å². The van der Waals surface area contributed by atoms with Crippen molar-refractivity contribution in [2.45, 2.75) is 0 Å². The third-order valence-corrected chi connectivity index (χ3v) is 3.68. The Labute approximate surface area is 124 Å². The molecule has 1 aliphatic heterocycles. The first-order valence-corrected chi connectivity index (χ1v) is 6.73. The van der Waals surface area contributed by atoms with Crippen molar-refractivity contribution in [1.29, 1.82) is 0 Å². The van der Waals surface area contributed by atoms with Crippen molar-refractivity contribution in [2.75, 3.05) is 6.54 Å². The summed E-state index contributed by atoms with van der Waals surface area (Å²) in [6.45, 7) is 0.0518. The van der Waals surface area contributed by atoms with Crippen LogP contribution in [0.5, 0.6) is 11.8 Å². The molecule has 2 N–H and O–H groups in total. The second-order valence-corrected chi connectivity index (χ2v) is 5.02. The van der Waals surface area contributed by atoms with Gasteiger partial charge in [-0.3, -0.25) is 14.4 Å². The zero-order valence-electron chi connectivity index (χ0n) is 11.4. The van der Waals surface area contributed by atoms with Crippen LogP contribution in [0.15, 0.2) is 52.4 Å². The van der Waals surface area contributed by atoms with Gasteiger partial charge in [0.25, 0.3) is 5.91 Å². The molecule has 1 aliphatic rings. The second-order valence-electron chi connectivity index (χ2n) is 5.02. The molecule has 0 unspecified atom stereocenters. The lowest BCUT2D eigenvalue weighted by Gasteiger charge is -2.07. The molecule has 0 atom stereocenters. The molecule has 1 aromatic heterocycles. The third-order valence-electron chi connectivity index (χ3n) is 3.68. The molecule has 0 saturated carbocycles. The first-order valence-electron chi connectivity index (χ1n) is 6.73. The molecule has 22 heavy (non-hydrogen) atoms. The van der Waals surface area contributed by atoms with Crippen molar-refractivity contribution < 1.29 is 15.0 Å². The molecule has 2 aromatic carbocycles. The number of fused-ring (bicyclic) bond motifs is 2. The number of nitrogens with zero attached hydrogens (tertiary/aromatic N) is 3. The summed E-state index contributed by atoms with van der Waals surface area (Å²) in [4.78, 5) is 19.4. The third kappa shape index (κ3) is 1.70. The lowest BCUT2D eigenvalue weighted by Crippen LogP contribution is -2.32. The highest BCUT2D eigenvalue weighted by atomic mass is 16.3. The number of carbonyl (C=O) groups excluding carboxylic acids is 1. The quantitative estimate of drug-likeness (QED) is 0.696. The van der Waals surface area contributed by atoms with E-state index in [1.807, 2.05) is 0 Å². The molecule has 0 aliphatic carbocycles. The van der Waals surface area contributed by atoms with E-state index in [-0.39, 0.29) is 24.2 Å². The van der Waals surface area contributed by atoms with Gasteiger partial charge < -0.3 is 10.2 Å². The summed E-state index contributed by atoms with van der Waals surface area (Å²) >= 11 is 0. The summed E-state index contributed by atoms with van der Waals surface area (Å²) in [6.07, 6.45) is 0. The first kappa shape index (κ1) is 12.6. The van der Waals surface area contributed by atoms with Crippen molar-refractivity contribution in [3.8, 4) is 17.4 Å². The van der Waals surface area contributed by atoms with Gasteiger partial charge in [0.15, 0.2) is 0 Å². The highest BCUT2D eigenvalue weighted by Gasteiger charge is 2.17. The van der Waals surface area contributed by atoms with Crippen molar-refractivity contribution >= 4 is 16.7 Å². The monoisotopic (exact) mass is 293 g/mol. The Balaban J connectivity index is 2.03. The van der Waals surface area contributed by atoms with Crippen LogP contribution in [0, 0.1) is 0 Å². The Morgan fingerprint density at radius 1 is 0.955 bits per heavy atom. The van der Waals surface area contributed by atoms with Crippen LogP contribution in [-0.2, 0) is 4.79 Å². The number of rotatable bonds is 1. The van der Waals surface area contributed by atoms with Gasteiger partial charge in [-0.2, -0.15) is 0 Å². The van der Waals surface area contributed by atoms with E-state index in [1.54, 1.807) is 42.5 Å². The number of hydrogen-bond donors (Lipinski definition) is 2. The minimum Gasteiger partial charge on any atom is -0.494 e. The van der Waals surface area contributed by atoms with E-state index in [9.17, 15) is 15.0 Å². The molecule has 1 amide bonds. The maximum Gasteiger partial charge on any atom is 0.267 e. The largest absolute Gasteiger partial charge is 0.494 e. The zero-order valence-corrected chi connectivity index (χ0v) is 11.4. The van der Waals surface area contributed by atoms with E-state index in [2.05, 4.69) is 9.98 Å². The number of aromatic nitrogens is 1. The Hall–Kier alpha value is -3.15. The number of carbonyl (C=O) groups is 1. The van der Waals surface area contributed by atoms with Crippen LogP contribution in [0.4, 0.5) is 0 Å². The summed E-state index contributed by atoms with van der Waals surface area (Å²) in [5.41, 5.74) is 0.513. The summed E-state index contributed by atoms with van der Waals surface area (Å²) in [5, 5.41) is 22.9. The Kier molecular flexibility index (Phi) is 2.53. The molecule has 6 heteroatoms. The van der Waals surface area contributed by atoms with Crippen LogP contribution >= 0.6 is 0 Å². The molecule has 0 bridgehead atoms. The average molecular weight is 293 g/mol. The first-order chi connectivity index (χ1) is 10.6. The molecular formula is C16H11N3O3. The Morgan fingerprint density at radius 3 is 2.32 bits per heavy atom. The molecule has 0 fully saturated rings. The molecular weight excluding hydrogens is 282 g/mol. The van der Waals surface area contributed by atoms with Crippen LogP contribution in [0.3, 0.4) is 0 Å². The predicted octanol–water partition coefficient (Wildman–Crippen LogP) is 0.821. The maximum atomic E-state index is 11.4. The molecule has 2 heterocycles. The Morgan fingerprint density at radius 2 is 1.64 bits per heavy atom. The van der Waals surface area contributed by atoms with Crippen LogP contribution in [0.25, 0.3) is 16.5 Å². The van der Waals surface area contributed by atoms with Crippen molar-refractivity contribution in [1.82, 2.24) is 4.57 Å². The lowest BCUT2D eigenvalue weighted by molar-refractivity contribution is -0.116. The highest BCUT2D eigenvalue weighted by Crippen LogP contribution is 2.37. The van der Waals surface area contributed by atoms with E-state index in [4.69, 9.17) is 0 Å². The van der Waals surface area contributed by atoms with Gasteiger partial charge in [0, 0.05) is 10.8 Å². The lowest BCUT2D eigenvalue weighted by atomic mass is 10.2. The second kappa shape index (κ2) is 4.42. The number of hydrogen-bond acceptors (Lipinski definition) is 4. The van der Waals surface area contributed by atoms with Crippen molar-refractivity contribution in [3.63, 3.8) is 0 Å². The topological polar surface area (TPSA) is 87.2 Å². The summed E-state index contributed by atoms with van der Waals surface area (Å²) in [7, 11) is 0. The van der Waals surface area contributed by atoms with Gasteiger partial charge >= 0.3 is 0 Å². The van der Waals surface area contributed by atoms with E-state index >= 15 is 0 Å². The van der Waals surface area contributed by atoms with Crippen LogP contribution in [-0.4, -0.2) is 27.2 Å². The van der Waals surface area contributed by atoms with E-state index in [1.165, 1.54) is 4.57 Å². The fraction of sp³-hybridized carbons (Fsp3) is 0.0625. The van der Waals surface area contributed by atoms with Crippen LogP contribution < -0.4 is 10.7 Å². The predicted molar refractivity (Wildman–Crippen MR) is 78.8 cm³/mol. The van der Waals surface area contributed by atoms with Crippen molar-refractivity contribution in [2.24, 2.45) is 9.98 Å². The van der Waals surface area contributed by atoms with Crippen LogP contribution in [0.1, 0.15) is 0 Å². The normalized spacial score (nSPS) is 13.5. The van der Waals surface area contributed by atoms with E-state index in [0.717, 1.165) is 0 Å². The van der Waals surface area contributed by atoms with Gasteiger partial charge in [-0.25, -0.2) is 4.99 Å². The molecule has 0 radical (unpaired) electrons. The SMILES string of the molecule is O=C1CN=c2ccc(-n3c(O)c4ccccc4c3O)cc2=N1. The summed E-state index contributed by atoms with van der Waals surface area (Å²) in [6, 6.07) is 12.1. The Bertz CT molecular complexity index is 1010. The maximum absolute atomic E-state index is 11.4. The van der Waals surface area contributed by atoms with Crippen LogP contribution in [0.2, 0.25) is 0 Å². The summed E-state index contributed by atoms with van der Waals surface area (Å²) < 4.78 is 1.32. The molecule has 3 aromatic rings. The highest BCUT2D eigenvalue weighted by molar-refractivity contribution is 5.93. The molecule has 0 saturated heterocycles. The van der Waals surface area contributed by atoms with Gasteiger partial charge in [0.1, 0.15) is 6.54 Å². The van der Waals surface area contributed by atoms with Gasteiger partial charge in [0.2, 0.25) is 11.8 Å². The molecule has 4 rings (SSSR count). The minimum absolute atomic E-state index is 0.0518. The van der Waals surface area contributed by atoms with E-state index in [0.29, 0.717) is 27.2 Å². The standard InChI is InChI=1S/C16H11N3O3/c20-14-8-17-12-6-5-9(7-13(12)18-14)19-15(21)10-3-1-2-4-11(10)16(19)22/h1-7,21-22H,8H2.